The molecule has 0 aliphatic carbocycles. The summed E-state index contributed by atoms with van der Waals surface area (Å²) in [7, 11) is 0. The van der Waals surface area contributed by atoms with Gasteiger partial charge in [0.25, 0.3) is 0 Å². The van der Waals surface area contributed by atoms with Crippen LogP contribution < -0.4 is 0 Å². The zero-order valence-electron chi connectivity index (χ0n) is 30.4. The summed E-state index contributed by atoms with van der Waals surface area (Å²) >= 11 is 0. The lowest BCUT2D eigenvalue weighted by molar-refractivity contribution is 1.18. The number of aromatic nitrogens is 4. The summed E-state index contributed by atoms with van der Waals surface area (Å²) in [4.78, 5) is 9.48. The number of nitrogens with zero attached hydrogens (tertiary/aromatic N) is 4. The second-order valence-corrected chi connectivity index (χ2v) is 14.3. The Morgan fingerprint density at radius 3 is 1.43 bits per heavy atom. The van der Waals surface area contributed by atoms with E-state index in [2.05, 4.69) is 202 Å². The summed E-state index contributed by atoms with van der Waals surface area (Å²) in [6, 6.07) is 69.5. The molecule has 56 heavy (non-hydrogen) atoms. The Bertz CT molecular complexity index is 3170. The maximum Gasteiger partial charge on any atom is 0.0716 e. The average Bonchev–Trinajstić information content (AvgIpc) is 3.79. The van der Waals surface area contributed by atoms with Crippen LogP contribution in [0.1, 0.15) is 0 Å². The topological polar surface area (TPSA) is 35.6 Å². The van der Waals surface area contributed by atoms with Crippen molar-refractivity contribution in [1.29, 1.82) is 0 Å². The molecule has 0 fully saturated rings. The number of pyridine rings is 2. The first-order valence-electron chi connectivity index (χ1n) is 19.0. The highest BCUT2D eigenvalue weighted by atomic mass is 15.0. The zero-order chi connectivity index (χ0) is 37.0. The first-order chi connectivity index (χ1) is 27.8. The maximum absolute atomic E-state index is 5.22. The van der Waals surface area contributed by atoms with Gasteiger partial charge in [0, 0.05) is 56.4 Å². The van der Waals surface area contributed by atoms with Crippen molar-refractivity contribution in [3.63, 3.8) is 0 Å². The van der Waals surface area contributed by atoms with Gasteiger partial charge in [0.05, 0.1) is 33.5 Å². The number of fused-ring (bicyclic) bond motifs is 6. The number of hydrogen-bond acceptors (Lipinski definition) is 2. The van der Waals surface area contributed by atoms with E-state index in [1.165, 1.54) is 54.9 Å². The van der Waals surface area contributed by atoms with Crippen molar-refractivity contribution in [2.45, 2.75) is 0 Å². The molecule has 0 saturated carbocycles. The van der Waals surface area contributed by atoms with Gasteiger partial charge in [-0.1, -0.05) is 109 Å². The highest BCUT2D eigenvalue weighted by Crippen LogP contribution is 2.39. The summed E-state index contributed by atoms with van der Waals surface area (Å²) in [5, 5.41) is 4.95. The predicted molar refractivity (Wildman–Crippen MR) is 232 cm³/mol. The number of benzene rings is 7. The van der Waals surface area contributed by atoms with E-state index in [1.54, 1.807) is 0 Å². The number of hydrogen-bond donors (Lipinski definition) is 0. The second kappa shape index (κ2) is 13.1. The predicted octanol–water partition coefficient (Wildman–Crippen LogP) is 13.3. The Morgan fingerprint density at radius 2 is 0.786 bits per heavy atom. The van der Waals surface area contributed by atoms with Crippen LogP contribution in [0.2, 0.25) is 0 Å². The van der Waals surface area contributed by atoms with Crippen molar-refractivity contribution in [3.05, 3.63) is 207 Å². The molecule has 4 nitrogen and oxygen atoms in total. The Morgan fingerprint density at radius 1 is 0.286 bits per heavy atom. The van der Waals surface area contributed by atoms with Crippen LogP contribution in [0.25, 0.3) is 99.8 Å². The van der Waals surface area contributed by atoms with Crippen molar-refractivity contribution < 1.29 is 0 Å². The molecule has 0 saturated heterocycles. The average molecular weight is 715 g/mol. The molecular weight excluding hydrogens is 681 g/mol. The van der Waals surface area contributed by atoms with Gasteiger partial charge < -0.3 is 9.13 Å². The lowest BCUT2D eigenvalue weighted by atomic mass is 10.0. The quantitative estimate of drug-likeness (QED) is 0.172. The molecule has 11 aromatic rings. The van der Waals surface area contributed by atoms with Gasteiger partial charge in [0.15, 0.2) is 0 Å². The summed E-state index contributed by atoms with van der Waals surface area (Å²) in [6.07, 6.45) is 3.68. The lowest BCUT2D eigenvalue weighted by Crippen LogP contribution is -1.96. The van der Waals surface area contributed by atoms with Gasteiger partial charge in [-0.15, -0.1) is 0 Å². The van der Waals surface area contributed by atoms with Gasteiger partial charge in [0.1, 0.15) is 0 Å². The van der Waals surface area contributed by atoms with Gasteiger partial charge in [-0.05, 0) is 107 Å². The van der Waals surface area contributed by atoms with E-state index in [0.717, 1.165) is 44.8 Å². The van der Waals surface area contributed by atoms with Crippen LogP contribution in [-0.2, 0) is 0 Å². The number of rotatable bonds is 6. The van der Waals surface area contributed by atoms with Crippen LogP contribution in [0.5, 0.6) is 0 Å². The van der Waals surface area contributed by atoms with E-state index in [1.807, 2.05) is 18.5 Å². The van der Waals surface area contributed by atoms with E-state index < -0.39 is 0 Å². The highest BCUT2D eigenvalue weighted by molar-refractivity contribution is 6.12. The molecular formula is C52H34N4. The zero-order valence-corrected chi connectivity index (χ0v) is 30.4. The molecule has 7 aromatic carbocycles. The van der Waals surface area contributed by atoms with E-state index in [4.69, 9.17) is 4.98 Å². The van der Waals surface area contributed by atoms with Gasteiger partial charge in [-0.25, -0.2) is 4.98 Å². The molecule has 0 radical (unpaired) electrons. The monoisotopic (exact) mass is 714 g/mol. The maximum atomic E-state index is 5.22. The second-order valence-electron chi connectivity index (χ2n) is 14.3. The molecule has 11 rings (SSSR count). The van der Waals surface area contributed by atoms with E-state index in [0.29, 0.717) is 0 Å². The highest BCUT2D eigenvalue weighted by Gasteiger charge is 2.17. The molecule has 4 heterocycles. The largest absolute Gasteiger partial charge is 0.309 e. The van der Waals surface area contributed by atoms with Crippen LogP contribution in [0.15, 0.2) is 207 Å². The van der Waals surface area contributed by atoms with Crippen LogP contribution in [-0.4, -0.2) is 19.1 Å². The molecule has 0 atom stereocenters. The summed E-state index contributed by atoms with van der Waals surface area (Å²) in [6.45, 7) is 0. The SMILES string of the molecule is c1ccc(-c2cc(-c3ccncc3)cc(-c3cccc(-n4c5ccccc5c5cc(-c6ccc7c(c6)c6ccccc6n7-c6ccccc6)ccc54)c3)n2)cc1. The molecule has 0 spiro atoms. The Balaban J connectivity index is 1.05. The molecule has 0 bridgehead atoms. The Hall–Kier alpha value is -7.56. The Kier molecular flexibility index (Phi) is 7.46. The normalized spacial score (nSPS) is 11.6. The smallest absolute Gasteiger partial charge is 0.0716 e. The van der Waals surface area contributed by atoms with Gasteiger partial charge >= 0.3 is 0 Å². The van der Waals surface area contributed by atoms with Crippen LogP contribution >= 0.6 is 0 Å². The fourth-order valence-corrected chi connectivity index (χ4v) is 8.39. The minimum atomic E-state index is 0.923. The molecule has 0 aliphatic rings. The molecule has 0 N–H and O–H groups in total. The van der Waals surface area contributed by atoms with Crippen molar-refractivity contribution in [1.82, 2.24) is 19.1 Å². The van der Waals surface area contributed by atoms with Crippen molar-refractivity contribution in [3.8, 4) is 56.1 Å². The third-order valence-corrected chi connectivity index (χ3v) is 11.0. The third kappa shape index (κ3) is 5.31. The van der Waals surface area contributed by atoms with Crippen molar-refractivity contribution in [2.24, 2.45) is 0 Å². The van der Waals surface area contributed by atoms with E-state index in [-0.39, 0.29) is 0 Å². The molecule has 0 aliphatic heterocycles. The van der Waals surface area contributed by atoms with Crippen LogP contribution in [0.3, 0.4) is 0 Å². The lowest BCUT2D eigenvalue weighted by Gasteiger charge is -2.13. The number of para-hydroxylation sites is 3. The van der Waals surface area contributed by atoms with Crippen molar-refractivity contribution in [2.75, 3.05) is 0 Å². The molecule has 4 aromatic heterocycles. The minimum Gasteiger partial charge on any atom is -0.309 e. The fourth-order valence-electron chi connectivity index (χ4n) is 8.39. The van der Waals surface area contributed by atoms with E-state index in [9.17, 15) is 0 Å². The van der Waals surface area contributed by atoms with Crippen LogP contribution in [0.4, 0.5) is 0 Å². The molecule has 262 valence electrons. The minimum absolute atomic E-state index is 0.923. The summed E-state index contributed by atoms with van der Waals surface area (Å²) < 4.78 is 4.76. The van der Waals surface area contributed by atoms with Crippen molar-refractivity contribution >= 4 is 43.6 Å². The third-order valence-electron chi connectivity index (χ3n) is 11.0. The first-order valence-corrected chi connectivity index (χ1v) is 19.0. The standard InChI is InChI=1S/C52H34N4/c1-3-12-36(13-4-1)47-33-40(35-26-28-53-29-27-35)34-48(54-47)39-14-11-17-42(30-39)56-50-21-10-8-19-44(50)46-32-38(23-25-52(46)56)37-22-24-51-45(31-37)43-18-7-9-20-49(43)55(51)41-15-5-2-6-16-41/h1-34H. The van der Waals surface area contributed by atoms with Crippen LogP contribution in [0, 0.1) is 0 Å². The molecule has 4 heteroatoms. The van der Waals surface area contributed by atoms with E-state index >= 15 is 0 Å². The molecule has 0 unspecified atom stereocenters. The molecule has 0 amide bonds. The summed E-state index contributed by atoms with van der Waals surface area (Å²) in [5.74, 6) is 0. The van der Waals surface area contributed by atoms with Gasteiger partial charge in [-0.3, -0.25) is 4.98 Å². The fraction of sp³-hybridized carbons (Fsp3) is 0. The van der Waals surface area contributed by atoms with Gasteiger partial charge in [0.2, 0.25) is 0 Å². The Labute approximate surface area is 324 Å². The summed E-state index contributed by atoms with van der Waals surface area (Å²) in [5.41, 5.74) is 15.6. The van der Waals surface area contributed by atoms with Gasteiger partial charge in [-0.2, -0.15) is 0 Å². The first kappa shape index (κ1) is 31.9.